The van der Waals surface area contributed by atoms with Crippen LogP contribution in [0.1, 0.15) is 48.3 Å². The summed E-state index contributed by atoms with van der Waals surface area (Å²) in [7, 11) is 1.34. The molecule has 1 amide bonds. The Labute approximate surface area is 282 Å². The molecule has 252 valence electrons. The summed E-state index contributed by atoms with van der Waals surface area (Å²) in [6, 6.07) is 11.5. The maximum Gasteiger partial charge on any atom is 0.331 e. The number of esters is 1. The summed E-state index contributed by atoms with van der Waals surface area (Å²) < 4.78 is 7.98. The topological polar surface area (TPSA) is 173 Å². The van der Waals surface area contributed by atoms with E-state index in [4.69, 9.17) is 4.74 Å². The van der Waals surface area contributed by atoms with Crippen molar-refractivity contribution in [3.63, 3.8) is 0 Å². The molecular weight excluding hydrogens is 638 g/mol. The van der Waals surface area contributed by atoms with E-state index in [1.165, 1.54) is 16.5 Å². The van der Waals surface area contributed by atoms with Crippen LogP contribution in [0.25, 0.3) is 33.4 Å². The quantitative estimate of drug-likeness (QED) is 0.166. The average molecular weight is 675 g/mol. The highest BCUT2D eigenvalue weighted by molar-refractivity contribution is 5.97. The Balaban J connectivity index is 0.00000451. The van der Waals surface area contributed by atoms with Crippen molar-refractivity contribution in [2.24, 2.45) is 5.92 Å². The Morgan fingerprint density at radius 2 is 1.56 bits per heavy atom. The molecule has 14 nitrogen and oxygen atoms in total. The lowest BCUT2D eigenvalue weighted by Crippen LogP contribution is -3.00. The van der Waals surface area contributed by atoms with Gasteiger partial charge in [-0.2, -0.15) is 0 Å². The maximum atomic E-state index is 13.7. The summed E-state index contributed by atoms with van der Waals surface area (Å²) in [6.45, 7) is 6.41. The number of methoxy groups -OCH3 is 1. The van der Waals surface area contributed by atoms with Crippen molar-refractivity contribution in [2.45, 2.75) is 38.8 Å². The van der Waals surface area contributed by atoms with Gasteiger partial charge in [0.1, 0.15) is 11.4 Å². The van der Waals surface area contributed by atoms with Crippen molar-refractivity contribution in [3.8, 4) is 22.5 Å². The smallest absolute Gasteiger partial charge is 0.331 e. The first-order chi connectivity index (χ1) is 22.7. The monoisotopic (exact) mass is 674 g/mol. The fourth-order valence-corrected chi connectivity index (χ4v) is 5.92. The molecule has 2 atom stereocenters. The third-order valence-corrected chi connectivity index (χ3v) is 8.38. The molecule has 4 heterocycles. The number of hydrogen-bond donors (Lipinski definition) is 3. The fourth-order valence-electron chi connectivity index (χ4n) is 5.92. The second kappa shape index (κ2) is 14.8. The van der Waals surface area contributed by atoms with E-state index < -0.39 is 24.0 Å². The van der Waals surface area contributed by atoms with E-state index >= 15 is 0 Å². The second-order valence-corrected chi connectivity index (χ2v) is 12.1. The molecule has 48 heavy (non-hydrogen) atoms. The number of rotatable bonds is 11. The zero-order chi connectivity index (χ0) is 33.1. The number of benzene rings is 2. The van der Waals surface area contributed by atoms with Crippen molar-refractivity contribution < 1.29 is 36.6 Å². The maximum absolute atomic E-state index is 13.7. The molecule has 5 aromatic rings. The Morgan fingerprint density at radius 3 is 2.17 bits per heavy atom. The lowest BCUT2D eigenvalue weighted by Gasteiger charge is -2.27. The standard InChI is InChI=1S/C33H37N9O5.ClH/c1-20(2)12-29(32(44)45)41-18-27(36-38-41)21-13-22(15-23(14-21)31(43)40-10-8-34-9-11-40)28-19-42(39-37-28)30(33(46)47-3)16-24-17-35-26-7-5-4-6-25(24)26;/h4-7,13-15,17-20,29-30,34-35H,8-12,16H2,1-3H3,(H,44,45);1H/p-1/t29-,30-;/m0./s1. The second-order valence-electron chi connectivity index (χ2n) is 12.1. The van der Waals surface area contributed by atoms with Gasteiger partial charge < -0.3 is 37.5 Å². The Morgan fingerprint density at radius 1 is 0.938 bits per heavy atom. The first-order valence-electron chi connectivity index (χ1n) is 15.6. The van der Waals surface area contributed by atoms with Gasteiger partial charge in [0.05, 0.1) is 19.5 Å². The first-order valence-corrected chi connectivity index (χ1v) is 15.6. The van der Waals surface area contributed by atoms with Crippen molar-refractivity contribution in [3.05, 3.63) is 72.2 Å². The van der Waals surface area contributed by atoms with E-state index in [0.29, 0.717) is 67.1 Å². The number of aromatic amines is 1. The molecular formula is C33H37ClN9O5-. The van der Waals surface area contributed by atoms with E-state index in [9.17, 15) is 19.5 Å². The summed E-state index contributed by atoms with van der Waals surface area (Å²) >= 11 is 0. The van der Waals surface area contributed by atoms with Crippen LogP contribution in [0.15, 0.2) is 61.1 Å². The summed E-state index contributed by atoms with van der Waals surface area (Å²) in [5.41, 5.74) is 4.30. The van der Waals surface area contributed by atoms with E-state index in [1.54, 1.807) is 29.4 Å². The van der Waals surface area contributed by atoms with Gasteiger partial charge in [0.2, 0.25) is 0 Å². The van der Waals surface area contributed by atoms with Gasteiger partial charge in [-0.05, 0) is 42.2 Å². The number of para-hydroxylation sites is 1. The van der Waals surface area contributed by atoms with E-state index in [0.717, 1.165) is 16.5 Å². The Bertz CT molecular complexity index is 1910. The lowest BCUT2D eigenvalue weighted by molar-refractivity contribution is -0.145. The summed E-state index contributed by atoms with van der Waals surface area (Å²) in [4.78, 5) is 43.8. The average Bonchev–Trinajstić information content (AvgIpc) is 3.86. The van der Waals surface area contributed by atoms with Crippen LogP contribution in [0.4, 0.5) is 0 Å². The number of hydrogen-bond acceptors (Lipinski definition) is 9. The van der Waals surface area contributed by atoms with E-state index in [-0.39, 0.29) is 24.2 Å². The molecule has 0 aliphatic carbocycles. The number of carbonyl (C=O) groups excluding carboxylic acids is 2. The number of piperazine rings is 1. The number of ether oxygens (including phenoxy) is 1. The van der Waals surface area contributed by atoms with E-state index in [1.807, 2.05) is 50.4 Å². The highest BCUT2D eigenvalue weighted by Crippen LogP contribution is 2.30. The van der Waals surface area contributed by atoms with Gasteiger partial charge in [-0.25, -0.2) is 19.0 Å². The van der Waals surface area contributed by atoms with Crippen molar-refractivity contribution in [2.75, 3.05) is 33.3 Å². The summed E-state index contributed by atoms with van der Waals surface area (Å²) in [5, 5.41) is 31.3. The summed E-state index contributed by atoms with van der Waals surface area (Å²) in [5.74, 6) is -1.49. The minimum atomic E-state index is -0.997. The number of halogens is 1. The molecule has 0 bridgehead atoms. The van der Waals surface area contributed by atoms with Crippen LogP contribution in [0, 0.1) is 5.92 Å². The number of amides is 1. The number of aromatic nitrogens is 7. The van der Waals surface area contributed by atoms with Crippen LogP contribution in [-0.2, 0) is 20.7 Å². The zero-order valence-corrected chi connectivity index (χ0v) is 27.6. The van der Waals surface area contributed by atoms with Crippen LogP contribution in [-0.4, -0.2) is 96.1 Å². The van der Waals surface area contributed by atoms with Crippen molar-refractivity contribution in [1.29, 1.82) is 0 Å². The van der Waals surface area contributed by atoms with Gasteiger partial charge in [0.25, 0.3) is 5.91 Å². The van der Waals surface area contributed by atoms with Crippen molar-refractivity contribution in [1.82, 2.24) is 45.2 Å². The van der Waals surface area contributed by atoms with Gasteiger partial charge in [-0.3, -0.25) is 4.79 Å². The number of H-pyrrole nitrogens is 1. The molecule has 2 aromatic carbocycles. The number of fused-ring (bicyclic) bond motifs is 1. The third kappa shape index (κ3) is 7.24. The molecule has 3 aromatic heterocycles. The third-order valence-electron chi connectivity index (χ3n) is 8.38. The molecule has 1 aliphatic heterocycles. The number of nitrogens with zero attached hydrogens (tertiary/aromatic N) is 7. The van der Waals surface area contributed by atoms with Gasteiger partial charge >= 0.3 is 11.9 Å². The van der Waals surface area contributed by atoms with Crippen LogP contribution < -0.4 is 17.7 Å². The van der Waals surface area contributed by atoms with Crippen LogP contribution in [0.2, 0.25) is 0 Å². The molecule has 0 spiro atoms. The SMILES string of the molecule is COC(=O)[C@H](Cc1c[nH]c2ccccc12)n1cc(-c2cc(C(=O)N3CCNCC3)cc(-c3cn([C@@H](CC(C)C)C(=O)O)nn3)c2)nn1.[Cl-]. The molecule has 0 unspecified atom stereocenters. The number of carboxylic acid groups (broad SMARTS) is 1. The van der Waals surface area contributed by atoms with Gasteiger partial charge in [-0.1, -0.05) is 42.5 Å². The molecule has 6 rings (SSSR count). The molecule has 1 aliphatic rings. The lowest BCUT2D eigenvalue weighted by atomic mass is 10.0. The zero-order valence-electron chi connectivity index (χ0n) is 26.8. The molecule has 0 saturated carbocycles. The Hall–Kier alpha value is -5.08. The number of carboxylic acids is 1. The molecule has 1 fully saturated rings. The largest absolute Gasteiger partial charge is 1.00 e. The number of aliphatic carboxylic acids is 1. The molecule has 0 radical (unpaired) electrons. The number of carbonyl (C=O) groups is 3. The fraction of sp³-hybridized carbons (Fsp3) is 0.364. The normalized spacial score (nSPS) is 14.5. The highest BCUT2D eigenvalue weighted by atomic mass is 35.5. The van der Waals surface area contributed by atoms with Gasteiger partial charge in [0.15, 0.2) is 12.1 Å². The molecule has 3 N–H and O–H groups in total. The Kier molecular flexibility index (Phi) is 10.5. The van der Waals surface area contributed by atoms with Gasteiger partial charge in [-0.15, -0.1) is 10.2 Å². The number of nitrogens with one attached hydrogen (secondary N) is 2. The van der Waals surface area contributed by atoms with E-state index in [2.05, 4.69) is 30.9 Å². The predicted octanol–water partition coefficient (Wildman–Crippen LogP) is 0.363. The molecule has 1 saturated heterocycles. The van der Waals surface area contributed by atoms with Crippen LogP contribution in [0.5, 0.6) is 0 Å². The summed E-state index contributed by atoms with van der Waals surface area (Å²) in [6.07, 6.45) is 5.82. The predicted molar refractivity (Wildman–Crippen MR) is 172 cm³/mol. The van der Waals surface area contributed by atoms with Gasteiger partial charge in [0, 0.05) is 66.4 Å². The van der Waals surface area contributed by atoms with Crippen LogP contribution >= 0.6 is 0 Å². The highest BCUT2D eigenvalue weighted by Gasteiger charge is 2.27. The van der Waals surface area contributed by atoms with Crippen LogP contribution in [0.3, 0.4) is 0 Å². The minimum absolute atomic E-state index is 0. The molecule has 15 heteroatoms. The van der Waals surface area contributed by atoms with Crippen molar-refractivity contribution >= 4 is 28.7 Å². The minimum Gasteiger partial charge on any atom is -1.00 e. The first kappa shape index (κ1) is 34.3.